The summed E-state index contributed by atoms with van der Waals surface area (Å²) in [6.07, 6.45) is 4.57. The van der Waals surface area contributed by atoms with Crippen LogP contribution in [0, 0.1) is 11.7 Å². The van der Waals surface area contributed by atoms with Crippen molar-refractivity contribution in [2.24, 2.45) is 5.92 Å². The van der Waals surface area contributed by atoms with E-state index in [1.807, 2.05) is 18.2 Å². The van der Waals surface area contributed by atoms with Gasteiger partial charge in [0.2, 0.25) is 5.88 Å². The summed E-state index contributed by atoms with van der Waals surface area (Å²) in [5.41, 5.74) is 3.04. The van der Waals surface area contributed by atoms with Gasteiger partial charge in [0.25, 0.3) is 5.91 Å². The normalized spacial score (nSPS) is 13.4. The highest BCUT2D eigenvalue weighted by molar-refractivity contribution is 6.02. The fraction of sp³-hybridized carbons (Fsp3) is 0.188. The van der Waals surface area contributed by atoms with Crippen molar-refractivity contribution in [1.82, 2.24) is 14.9 Å². The SMILES string of the molecule is C=C(c1ccc(C(=O)Nc2ccc(Oc3ccc(F)cc3)nc2)nc1)N1CCC(C(=O)c2ccc(OC)cc2)CC1. The van der Waals surface area contributed by atoms with E-state index < -0.39 is 0 Å². The van der Waals surface area contributed by atoms with Crippen molar-refractivity contribution in [2.75, 3.05) is 25.5 Å². The molecular weight excluding hydrogens is 523 g/mol. The van der Waals surface area contributed by atoms with Gasteiger partial charge in [0, 0.05) is 48.1 Å². The minimum Gasteiger partial charge on any atom is -0.497 e. The molecule has 1 N–H and O–H groups in total. The topological polar surface area (TPSA) is 93.6 Å². The molecule has 1 amide bonds. The third kappa shape index (κ3) is 6.75. The van der Waals surface area contributed by atoms with Crippen LogP contribution in [-0.4, -0.2) is 46.8 Å². The van der Waals surface area contributed by atoms with Gasteiger partial charge in [-0.05, 0) is 79.6 Å². The number of piperidine rings is 1. The Balaban J connectivity index is 1.12. The molecule has 8 nitrogen and oxygen atoms in total. The maximum Gasteiger partial charge on any atom is 0.274 e. The summed E-state index contributed by atoms with van der Waals surface area (Å²) in [5.74, 6) is 0.875. The Morgan fingerprint density at radius 2 is 1.56 bits per heavy atom. The number of hydrogen-bond donors (Lipinski definition) is 1. The van der Waals surface area contributed by atoms with Crippen molar-refractivity contribution in [2.45, 2.75) is 12.8 Å². The molecule has 2 aromatic heterocycles. The number of Topliss-reactive ketones (excluding diaryl/α,β-unsaturated/α-hetero) is 1. The second kappa shape index (κ2) is 12.4. The first-order chi connectivity index (χ1) is 19.9. The zero-order valence-electron chi connectivity index (χ0n) is 22.5. The number of halogens is 1. The van der Waals surface area contributed by atoms with E-state index in [1.165, 1.54) is 30.5 Å². The summed E-state index contributed by atoms with van der Waals surface area (Å²) >= 11 is 0. The number of carbonyl (C=O) groups excluding carboxylic acids is 2. The number of methoxy groups -OCH3 is 1. The predicted molar refractivity (Wildman–Crippen MR) is 154 cm³/mol. The first-order valence-electron chi connectivity index (χ1n) is 13.2. The van der Waals surface area contributed by atoms with Crippen LogP contribution in [0.2, 0.25) is 0 Å². The van der Waals surface area contributed by atoms with Crippen LogP contribution in [0.25, 0.3) is 5.70 Å². The Labute approximate surface area is 237 Å². The van der Waals surface area contributed by atoms with E-state index >= 15 is 0 Å². The first kappa shape index (κ1) is 27.5. The lowest BCUT2D eigenvalue weighted by Crippen LogP contribution is -2.35. The molecule has 2 aromatic carbocycles. The fourth-order valence-electron chi connectivity index (χ4n) is 4.62. The lowest BCUT2D eigenvalue weighted by molar-refractivity contribution is 0.0869. The molecule has 0 bridgehead atoms. The molecule has 5 rings (SSSR count). The Kier molecular flexibility index (Phi) is 8.34. The largest absolute Gasteiger partial charge is 0.497 e. The summed E-state index contributed by atoms with van der Waals surface area (Å²) in [7, 11) is 1.60. The lowest BCUT2D eigenvalue weighted by atomic mass is 9.88. The van der Waals surface area contributed by atoms with Gasteiger partial charge < -0.3 is 19.7 Å². The molecule has 1 aliphatic heterocycles. The van der Waals surface area contributed by atoms with E-state index in [0.29, 0.717) is 36.0 Å². The average molecular weight is 553 g/mol. The molecular formula is C32H29FN4O4. The van der Waals surface area contributed by atoms with E-state index in [2.05, 4.69) is 26.8 Å². The molecule has 1 saturated heterocycles. The van der Waals surface area contributed by atoms with Crippen molar-refractivity contribution in [1.29, 1.82) is 0 Å². The van der Waals surface area contributed by atoms with Crippen LogP contribution in [0.1, 0.15) is 39.3 Å². The predicted octanol–water partition coefficient (Wildman–Crippen LogP) is 6.23. The van der Waals surface area contributed by atoms with E-state index in [4.69, 9.17) is 9.47 Å². The summed E-state index contributed by atoms with van der Waals surface area (Å²) in [4.78, 5) is 36.3. The van der Waals surface area contributed by atoms with Gasteiger partial charge in [-0.1, -0.05) is 6.58 Å². The Hall–Kier alpha value is -5.05. The molecule has 0 saturated carbocycles. The second-order valence-corrected chi connectivity index (χ2v) is 9.63. The molecule has 0 spiro atoms. The number of anilines is 1. The Morgan fingerprint density at radius 3 is 2.17 bits per heavy atom. The molecule has 1 fully saturated rings. The summed E-state index contributed by atoms with van der Waals surface area (Å²) in [6.45, 7) is 5.65. The molecule has 0 radical (unpaired) electrons. The van der Waals surface area contributed by atoms with Crippen LogP contribution < -0.4 is 14.8 Å². The number of carbonyl (C=O) groups is 2. The average Bonchev–Trinajstić information content (AvgIpc) is 3.02. The van der Waals surface area contributed by atoms with E-state index in [0.717, 1.165) is 29.9 Å². The smallest absolute Gasteiger partial charge is 0.274 e. The third-order valence-electron chi connectivity index (χ3n) is 6.98. The van der Waals surface area contributed by atoms with Gasteiger partial charge in [-0.2, -0.15) is 0 Å². The standard InChI is InChI=1S/C32H29FN4O4/c1-21(37-17-15-23(16-18-37)31(38)22-3-9-27(40-2)10-4-22)24-5-13-29(34-19-24)32(39)36-26-8-14-30(35-20-26)41-28-11-6-25(33)7-12-28/h3-14,19-20,23H,1,15-18H2,2H3,(H,36,39). The van der Waals surface area contributed by atoms with E-state index in [1.54, 1.807) is 43.6 Å². The molecule has 1 aliphatic rings. The molecule has 0 unspecified atom stereocenters. The van der Waals surface area contributed by atoms with Crippen molar-refractivity contribution in [3.8, 4) is 17.4 Å². The van der Waals surface area contributed by atoms with Gasteiger partial charge >= 0.3 is 0 Å². The lowest BCUT2D eigenvalue weighted by Gasteiger charge is -2.34. The van der Waals surface area contributed by atoms with Gasteiger partial charge in [0.05, 0.1) is 19.0 Å². The molecule has 4 aromatic rings. The minimum atomic E-state index is -0.381. The number of likely N-dealkylation sites (tertiary alicyclic amines) is 1. The Bertz CT molecular complexity index is 1510. The molecule has 208 valence electrons. The Morgan fingerprint density at radius 1 is 0.878 bits per heavy atom. The summed E-state index contributed by atoms with van der Waals surface area (Å²) in [6, 6.07) is 19.6. The highest BCUT2D eigenvalue weighted by Crippen LogP contribution is 2.28. The molecule has 9 heteroatoms. The van der Waals surface area contributed by atoms with Gasteiger partial charge in [-0.3, -0.25) is 14.6 Å². The zero-order valence-corrected chi connectivity index (χ0v) is 22.5. The van der Waals surface area contributed by atoms with Crippen LogP contribution in [0.3, 0.4) is 0 Å². The zero-order chi connectivity index (χ0) is 28.8. The number of aromatic nitrogens is 2. The number of nitrogens with zero attached hydrogens (tertiary/aromatic N) is 3. The maximum absolute atomic E-state index is 13.1. The van der Waals surface area contributed by atoms with Crippen LogP contribution in [-0.2, 0) is 0 Å². The maximum atomic E-state index is 13.1. The van der Waals surface area contributed by atoms with Gasteiger partial charge in [0.15, 0.2) is 5.78 Å². The van der Waals surface area contributed by atoms with Crippen molar-refractivity contribution < 1.29 is 23.5 Å². The number of rotatable bonds is 9. The molecule has 0 atom stereocenters. The van der Waals surface area contributed by atoms with Crippen LogP contribution in [0.5, 0.6) is 17.4 Å². The number of nitrogens with one attached hydrogen (secondary N) is 1. The second-order valence-electron chi connectivity index (χ2n) is 9.63. The van der Waals surface area contributed by atoms with Crippen LogP contribution in [0.15, 0.2) is 91.8 Å². The van der Waals surface area contributed by atoms with Crippen molar-refractivity contribution >= 4 is 23.1 Å². The number of ether oxygens (including phenoxy) is 2. The summed E-state index contributed by atoms with van der Waals surface area (Å²) in [5, 5.41) is 2.76. The van der Waals surface area contributed by atoms with Gasteiger partial charge in [0.1, 0.15) is 23.0 Å². The molecule has 0 aliphatic carbocycles. The van der Waals surface area contributed by atoms with Crippen molar-refractivity contribution in [3.63, 3.8) is 0 Å². The number of amides is 1. The minimum absolute atomic E-state index is 0.0327. The number of pyridine rings is 2. The highest BCUT2D eigenvalue weighted by Gasteiger charge is 2.27. The number of hydrogen-bond acceptors (Lipinski definition) is 7. The number of benzene rings is 2. The molecule has 3 heterocycles. The van der Waals surface area contributed by atoms with E-state index in [9.17, 15) is 14.0 Å². The quantitative estimate of drug-likeness (QED) is 0.246. The number of ketones is 1. The fourth-order valence-corrected chi connectivity index (χ4v) is 4.62. The highest BCUT2D eigenvalue weighted by atomic mass is 19.1. The van der Waals surface area contributed by atoms with Gasteiger partial charge in [-0.15, -0.1) is 0 Å². The van der Waals surface area contributed by atoms with E-state index in [-0.39, 0.29) is 29.1 Å². The van der Waals surface area contributed by atoms with Crippen LogP contribution >= 0.6 is 0 Å². The van der Waals surface area contributed by atoms with Crippen molar-refractivity contribution in [3.05, 3.63) is 114 Å². The molecule has 41 heavy (non-hydrogen) atoms. The first-order valence-corrected chi connectivity index (χ1v) is 13.2. The summed E-state index contributed by atoms with van der Waals surface area (Å²) < 4.78 is 23.8. The van der Waals surface area contributed by atoms with Crippen LogP contribution in [0.4, 0.5) is 10.1 Å². The van der Waals surface area contributed by atoms with Gasteiger partial charge in [-0.25, -0.2) is 9.37 Å². The third-order valence-corrected chi connectivity index (χ3v) is 6.98. The monoisotopic (exact) mass is 552 g/mol.